The molecular weight excluding hydrogens is 348 g/mol. The molecule has 0 saturated carbocycles. The minimum absolute atomic E-state index is 0.104. The molecule has 0 saturated heterocycles. The number of hydrogen-bond donors (Lipinski definition) is 1. The summed E-state index contributed by atoms with van der Waals surface area (Å²) in [7, 11) is 0. The zero-order valence-electron chi connectivity index (χ0n) is 12.9. The van der Waals surface area contributed by atoms with E-state index in [-0.39, 0.29) is 11.7 Å². The Morgan fingerprint density at radius 2 is 2.29 bits per heavy atom. The van der Waals surface area contributed by atoms with Gasteiger partial charge in [-0.1, -0.05) is 29.4 Å². The Bertz CT molecular complexity index is 832. The summed E-state index contributed by atoms with van der Waals surface area (Å²) in [4.78, 5) is 11.9. The summed E-state index contributed by atoms with van der Waals surface area (Å²) >= 11 is 7.47. The van der Waals surface area contributed by atoms with Gasteiger partial charge >= 0.3 is 0 Å². The summed E-state index contributed by atoms with van der Waals surface area (Å²) in [6, 6.07) is 9.31. The number of nitrogens with one attached hydrogen (secondary N) is 1. The van der Waals surface area contributed by atoms with Gasteiger partial charge in [-0.25, -0.2) is 0 Å². The topological polar surface area (TPSA) is 73.0 Å². The number of furan rings is 1. The number of nitrogens with zero attached hydrogens (tertiary/aromatic N) is 3. The van der Waals surface area contributed by atoms with Crippen LogP contribution in [0.5, 0.6) is 0 Å². The van der Waals surface area contributed by atoms with Crippen molar-refractivity contribution in [3.8, 4) is 5.69 Å². The average molecular weight is 363 g/mol. The second kappa shape index (κ2) is 7.55. The van der Waals surface area contributed by atoms with Crippen molar-refractivity contribution < 1.29 is 9.21 Å². The van der Waals surface area contributed by atoms with Gasteiger partial charge in [0.05, 0.1) is 24.2 Å². The fourth-order valence-electron chi connectivity index (χ4n) is 2.01. The summed E-state index contributed by atoms with van der Waals surface area (Å²) in [5.74, 6) is 0.845. The van der Waals surface area contributed by atoms with Crippen LogP contribution in [0.4, 0.5) is 0 Å². The van der Waals surface area contributed by atoms with E-state index >= 15 is 0 Å². The minimum Gasteiger partial charge on any atom is -0.467 e. The summed E-state index contributed by atoms with van der Waals surface area (Å²) in [5.41, 5.74) is 1.86. The molecule has 8 heteroatoms. The quantitative estimate of drug-likeness (QED) is 0.681. The molecule has 1 N–H and O–H groups in total. The third-order valence-corrected chi connectivity index (χ3v) is 4.67. The third-order valence-electron chi connectivity index (χ3n) is 3.32. The lowest BCUT2D eigenvalue weighted by Crippen LogP contribution is -2.24. The Hall–Kier alpha value is -2.25. The van der Waals surface area contributed by atoms with Crippen molar-refractivity contribution in [3.63, 3.8) is 0 Å². The average Bonchev–Trinajstić information content (AvgIpc) is 3.25. The number of rotatable bonds is 6. The van der Waals surface area contributed by atoms with Gasteiger partial charge in [-0.3, -0.25) is 9.36 Å². The van der Waals surface area contributed by atoms with Gasteiger partial charge in [0.2, 0.25) is 5.91 Å². The van der Waals surface area contributed by atoms with Gasteiger partial charge in [-0.05, 0) is 36.8 Å². The summed E-state index contributed by atoms with van der Waals surface area (Å²) in [6.45, 7) is 2.31. The molecule has 0 atom stereocenters. The number of aryl methyl sites for hydroxylation is 1. The van der Waals surface area contributed by atoms with Gasteiger partial charge in [0, 0.05) is 5.02 Å². The zero-order valence-corrected chi connectivity index (χ0v) is 14.5. The van der Waals surface area contributed by atoms with Crippen LogP contribution >= 0.6 is 23.4 Å². The number of amides is 1. The van der Waals surface area contributed by atoms with Gasteiger partial charge in [0.15, 0.2) is 5.16 Å². The van der Waals surface area contributed by atoms with E-state index in [4.69, 9.17) is 16.0 Å². The number of benzene rings is 1. The summed E-state index contributed by atoms with van der Waals surface area (Å²) in [6.07, 6.45) is 3.18. The highest BCUT2D eigenvalue weighted by atomic mass is 35.5. The first-order chi connectivity index (χ1) is 11.6. The first-order valence-electron chi connectivity index (χ1n) is 7.22. The summed E-state index contributed by atoms with van der Waals surface area (Å²) < 4.78 is 6.97. The van der Waals surface area contributed by atoms with Crippen molar-refractivity contribution in [2.45, 2.75) is 18.6 Å². The van der Waals surface area contributed by atoms with Crippen LogP contribution in [0.25, 0.3) is 5.69 Å². The molecule has 124 valence electrons. The highest BCUT2D eigenvalue weighted by Gasteiger charge is 2.11. The molecule has 6 nitrogen and oxygen atoms in total. The molecule has 0 bridgehead atoms. The van der Waals surface area contributed by atoms with E-state index in [0.29, 0.717) is 22.5 Å². The molecule has 2 heterocycles. The molecule has 0 aliphatic carbocycles. The van der Waals surface area contributed by atoms with Crippen molar-refractivity contribution in [2.24, 2.45) is 0 Å². The van der Waals surface area contributed by atoms with Crippen LogP contribution in [0.1, 0.15) is 11.3 Å². The van der Waals surface area contributed by atoms with E-state index in [2.05, 4.69) is 15.5 Å². The zero-order chi connectivity index (χ0) is 16.9. The number of thioether (sulfide) groups is 1. The van der Waals surface area contributed by atoms with Crippen LogP contribution in [0.15, 0.2) is 52.5 Å². The molecule has 0 unspecified atom stereocenters. The third kappa shape index (κ3) is 3.98. The first kappa shape index (κ1) is 16.6. The van der Waals surface area contributed by atoms with Crippen LogP contribution < -0.4 is 5.32 Å². The van der Waals surface area contributed by atoms with E-state index in [1.54, 1.807) is 23.2 Å². The van der Waals surface area contributed by atoms with E-state index in [1.807, 2.05) is 31.2 Å². The van der Waals surface area contributed by atoms with Crippen LogP contribution in [0.2, 0.25) is 5.02 Å². The van der Waals surface area contributed by atoms with Crippen molar-refractivity contribution in [3.05, 3.63) is 59.3 Å². The van der Waals surface area contributed by atoms with Gasteiger partial charge in [0.1, 0.15) is 12.1 Å². The normalized spacial score (nSPS) is 10.8. The monoisotopic (exact) mass is 362 g/mol. The highest BCUT2D eigenvalue weighted by molar-refractivity contribution is 7.99. The lowest BCUT2D eigenvalue weighted by atomic mass is 10.2. The summed E-state index contributed by atoms with van der Waals surface area (Å²) in [5, 5.41) is 12.1. The molecule has 0 radical (unpaired) electrons. The maximum atomic E-state index is 11.9. The lowest BCUT2D eigenvalue weighted by molar-refractivity contribution is -0.118. The highest BCUT2D eigenvalue weighted by Crippen LogP contribution is 2.23. The number of carbonyl (C=O) groups excluding carboxylic acids is 1. The SMILES string of the molecule is Cc1ccc(-n2cnnc2SCC(=O)NCc2ccco2)cc1Cl. The predicted molar refractivity (Wildman–Crippen MR) is 92.4 cm³/mol. The number of carbonyl (C=O) groups is 1. The molecule has 1 aromatic carbocycles. The molecule has 24 heavy (non-hydrogen) atoms. The van der Waals surface area contributed by atoms with Crippen molar-refractivity contribution in [2.75, 3.05) is 5.75 Å². The predicted octanol–water partition coefficient (Wildman–Crippen LogP) is 3.23. The van der Waals surface area contributed by atoms with Crippen LogP contribution in [-0.4, -0.2) is 26.4 Å². The van der Waals surface area contributed by atoms with E-state index < -0.39 is 0 Å². The second-order valence-electron chi connectivity index (χ2n) is 5.06. The Balaban J connectivity index is 1.61. The number of hydrogen-bond acceptors (Lipinski definition) is 5. The Morgan fingerprint density at radius 1 is 1.42 bits per heavy atom. The molecule has 1 amide bonds. The van der Waals surface area contributed by atoms with Crippen LogP contribution in [0.3, 0.4) is 0 Å². The van der Waals surface area contributed by atoms with E-state index in [1.165, 1.54) is 11.8 Å². The van der Waals surface area contributed by atoms with Gasteiger partial charge in [-0.2, -0.15) is 0 Å². The largest absolute Gasteiger partial charge is 0.467 e. The maximum Gasteiger partial charge on any atom is 0.230 e. The van der Waals surface area contributed by atoms with Crippen LogP contribution in [0, 0.1) is 6.92 Å². The van der Waals surface area contributed by atoms with Gasteiger partial charge < -0.3 is 9.73 Å². The van der Waals surface area contributed by atoms with Crippen molar-refractivity contribution in [1.82, 2.24) is 20.1 Å². The first-order valence-corrected chi connectivity index (χ1v) is 8.58. The Kier molecular flexibility index (Phi) is 5.22. The molecular formula is C16H15ClN4O2S. The van der Waals surface area contributed by atoms with E-state index in [0.717, 1.165) is 11.3 Å². The molecule has 0 fully saturated rings. The Morgan fingerprint density at radius 3 is 3.04 bits per heavy atom. The molecule has 3 aromatic rings. The number of halogens is 1. The van der Waals surface area contributed by atoms with Crippen molar-refractivity contribution in [1.29, 1.82) is 0 Å². The fourth-order valence-corrected chi connectivity index (χ4v) is 2.95. The lowest BCUT2D eigenvalue weighted by Gasteiger charge is -2.08. The van der Waals surface area contributed by atoms with Crippen molar-refractivity contribution >= 4 is 29.3 Å². The maximum absolute atomic E-state index is 11.9. The number of aromatic nitrogens is 3. The van der Waals surface area contributed by atoms with Gasteiger partial charge in [0.25, 0.3) is 0 Å². The molecule has 2 aromatic heterocycles. The Labute approximate surface area is 148 Å². The van der Waals surface area contributed by atoms with E-state index in [9.17, 15) is 4.79 Å². The smallest absolute Gasteiger partial charge is 0.230 e. The van der Waals surface area contributed by atoms with Gasteiger partial charge in [-0.15, -0.1) is 10.2 Å². The molecule has 0 aliphatic heterocycles. The fraction of sp³-hybridized carbons (Fsp3) is 0.188. The van der Waals surface area contributed by atoms with Crippen LogP contribution in [-0.2, 0) is 11.3 Å². The molecule has 0 spiro atoms. The standard InChI is InChI=1S/C16H15ClN4O2S/c1-11-4-5-12(7-14(11)17)21-10-19-20-16(21)24-9-15(22)18-8-13-3-2-6-23-13/h2-7,10H,8-9H2,1H3,(H,18,22). The molecule has 3 rings (SSSR count). The molecule has 0 aliphatic rings. The second-order valence-corrected chi connectivity index (χ2v) is 6.41. The minimum atomic E-state index is -0.104.